The maximum absolute atomic E-state index is 11.2. The third-order valence-electron chi connectivity index (χ3n) is 1.81. The van der Waals surface area contributed by atoms with Crippen LogP contribution >= 0.6 is 11.6 Å². The van der Waals surface area contributed by atoms with Crippen LogP contribution in [0, 0.1) is 6.92 Å². The molecule has 1 aromatic carbocycles. The van der Waals surface area contributed by atoms with Crippen molar-refractivity contribution in [1.29, 1.82) is 0 Å². The molecule has 4 nitrogen and oxygen atoms in total. The van der Waals surface area contributed by atoms with Crippen molar-refractivity contribution in [3.05, 3.63) is 22.2 Å². The second-order valence-electron chi connectivity index (χ2n) is 2.74. The number of ether oxygens (including phenoxy) is 1. The molecule has 0 unspecified atom stereocenters. The Hall–Kier alpha value is -1.42. The molecule has 0 spiro atoms. The minimum absolute atomic E-state index is 0.000648. The van der Waals surface area contributed by atoms with Crippen molar-refractivity contribution in [2.45, 2.75) is 20.8 Å². The lowest BCUT2D eigenvalue weighted by Gasteiger charge is -2.08. The molecule has 0 amide bonds. The van der Waals surface area contributed by atoms with Crippen LogP contribution in [0.25, 0.3) is 0 Å². The highest BCUT2D eigenvalue weighted by atomic mass is 35.5. The van der Waals surface area contributed by atoms with Crippen LogP contribution in [0.1, 0.15) is 29.8 Å². The van der Waals surface area contributed by atoms with Crippen LogP contribution in [0.2, 0.25) is 5.02 Å². The molecule has 0 aliphatic heterocycles. The molecule has 0 saturated carbocycles. The normalized spacial score (nSPS) is 9.06. The largest absolute Gasteiger partial charge is 0.507 e. The minimum Gasteiger partial charge on any atom is -0.507 e. The lowest BCUT2D eigenvalue weighted by molar-refractivity contribution is 0.0594. The van der Waals surface area contributed by atoms with E-state index in [1.165, 1.54) is 6.07 Å². The van der Waals surface area contributed by atoms with Crippen LogP contribution in [0.3, 0.4) is 0 Å². The number of phenolic OH excluding ortho intramolecular Hbond substituents is 2. The maximum atomic E-state index is 11.2. The van der Waals surface area contributed by atoms with Crippen molar-refractivity contribution in [3.63, 3.8) is 0 Å². The molecule has 5 heteroatoms. The van der Waals surface area contributed by atoms with Crippen molar-refractivity contribution in [2.24, 2.45) is 0 Å². The summed E-state index contributed by atoms with van der Waals surface area (Å²) < 4.78 is 4.39. The first kappa shape index (κ1) is 14.6. The number of aromatic hydroxyl groups is 2. The Kier molecular flexibility index (Phi) is 5.67. The van der Waals surface area contributed by atoms with Gasteiger partial charge in [-0.2, -0.15) is 0 Å². The lowest BCUT2D eigenvalue weighted by Crippen LogP contribution is -2.03. The van der Waals surface area contributed by atoms with Crippen LogP contribution in [-0.2, 0) is 4.74 Å². The van der Waals surface area contributed by atoms with Crippen LogP contribution < -0.4 is 0 Å². The van der Waals surface area contributed by atoms with Gasteiger partial charge in [0.1, 0.15) is 11.3 Å². The van der Waals surface area contributed by atoms with Gasteiger partial charge in [-0.25, -0.2) is 4.79 Å². The second kappa shape index (κ2) is 6.23. The molecule has 0 heterocycles. The van der Waals surface area contributed by atoms with E-state index < -0.39 is 11.7 Å². The van der Waals surface area contributed by atoms with Gasteiger partial charge >= 0.3 is 5.97 Å². The van der Waals surface area contributed by atoms with Crippen molar-refractivity contribution in [2.75, 3.05) is 7.11 Å². The first-order valence-corrected chi connectivity index (χ1v) is 5.16. The van der Waals surface area contributed by atoms with Gasteiger partial charge < -0.3 is 14.9 Å². The standard InChI is InChI=1S/C9H9ClO4.C2H6/c1-4-3-5(10)8(12)6(7(4)11)9(13)14-2;1-2/h3,11-12H,1-2H3;1-2H3. The summed E-state index contributed by atoms with van der Waals surface area (Å²) in [6.07, 6.45) is 0. The fourth-order valence-electron chi connectivity index (χ4n) is 1.05. The molecule has 2 N–H and O–H groups in total. The molecule has 0 fully saturated rings. The van der Waals surface area contributed by atoms with Gasteiger partial charge in [-0.1, -0.05) is 25.4 Å². The molecule has 0 bridgehead atoms. The number of methoxy groups -OCH3 is 1. The van der Waals surface area contributed by atoms with E-state index in [0.29, 0.717) is 5.56 Å². The smallest absolute Gasteiger partial charge is 0.345 e. The van der Waals surface area contributed by atoms with E-state index in [0.717, 1.165) is 7.11 Å². The zero-order chi connectivity index (χ0) is 12.9. The highest BCUT2D eigenvalue weighted by Gasteiger charge is 2.21. The summed E-state index contributed by atoms with van der Waals surface area (Å²) in [5.41, 5.74) is 0.0886. The average Bonchev–Trinajstić information content (AvgIpc) is 2.29. The van der Waals surface area contributed by atoms with Gasteiger partial charge in [0.2, 0.25) is 0 Å². The highest BCUT2D eigenvalue weighted by molar-refractivity contribution is 6.32. The molecule has 0 aromatic heterocycles. The molecular formula is C11H15ClO4. The summed E-state index contributed by atoms with van der Waals surface area (Å²) in [6.45, 7) is 5.56. The molecule has 90 valence electrons. The summed E-state index contributed by atoms with van der Waals surface area (Å²) in [5.74, 6) is -1.62. The fraction of sp³-hybridized carbons (Fsp3) is 0.364. The zero-order valence-corrected chi connectivity index (χ0v) is 10.4. The van der Waals surface area contributed by atoms with E-state index in [2.05, 4.69) is 4.74 Å². The van der Waals surface area contributed by atoms with Crippen LogP contribution in [-0.4, -0.2) is 23.3 Å². The molecule has 0 saturated heterocycles. The van der Waals surface area contributed by atoms with Crippen LogP contribution in [0.4, 0.5) is 0 Å². The quantitative estimate of drug-likeness (QED) is 0.748. The van der Waals surface area contributed by atoms with Gasteiger partial charge in [0.05, 0.1) is 12.1 Å². The number of halogens is 1. The van der Waals surface area contributed by atoms with E-state index in [4.69, 9.17) is 11.6 Å². The molecule has 1 rings (SSSR count). The van der Waals surface area contributed by atoms with E-state index in [1.54, 1.807) is 6.92 Å². The number of rotatable bonds is 1. The fourth-order valence-corrected chi connectivity index (χ4v) is 1.31. The maximum Gasteiger partial charge on any atom is 0.345 e. The predicted molar refractivity (Wildman–Crippen MR) is 62.2 cm³/mol. The number of carbonyl (C=O) groups is 1. The highest BCUT2D eigenvalue weighted by Crippen LogP contribution is 2.36. The van der Waals surface area contributed by atoms with E-state index >= 15 is 0 Å². The van der Waals surface area contributed by atoms with E-state index in [-0.39, 0.29) is 16.3 Å². The van der Waals surface area contributed by atoms with Gasteiger partial charge in [0.25, 0.3) is 0 Å². The van der Waals surface area contributed by atoms with Crippen molar-refractivity contribution in [1.82, 2.24) is 0 Å². The Morgan fingerprint density at radius 2 is 1.81 bits per heavy atom. The Morgan fingerprint density at radius 3 is 2.25 bits per heavy atom. The lowest BCUT2D eigenvalue weighted by atomic mass is 10.1. The van der Waals surface area contributed by atoms with Crippen molar-refractivity contribution >= 4 is 17.6 Å². The Morgan fingerprint density at radius 1 is 1.31 bits per heavy atom. The molecule has 0 radical (unpaired) electrons. The number of hydrogen-bond donors (Lipinski definition) is 2. The number of phenols is 2. The minimum atomic E-state index is -0.828. The summed E-state index contributed by atoms with van der Waals surface area (Å²) >= 11 is 5.62. The van der Waals surface area contributed by atoms with Gasteiger partial charge in [-0.15, -0.1) is 0 Å². The summed E-state index contributed by atoms with van der Waals surface area (Å²) in [5, 5.41) is 18.9. The Balaban J connectivity index is 0.00000106. The first-order chi connectivity index (χ1) is 7.49. The van der Waals surface area contributed by atoms with Gasteiger partial charge in [0.15, 0.2) is 5.75 Å². The average molecular weight is 247 g/mol. The molecule has 0 aliphatic rings. The topological polar surface area (TPSA) is 66.8 Å². The summed E-state index contributed by atoms with van der Waals surface area (Å²) in [4.78, 5) is 11.2. The van der Waals surface area contributed by atoms with Crippen molar-refractivity contribution < 1.29 is 19.7 Å². The zero-order valence-electron chi connectivity index (χ0n) is 9.67. The van der Waals surface area contributed by atoms with E-state index in [1.807, 2.05) is 13.8 Å². The number of esters is 1. The molecule has 0 aliphatic carbocycles. The first-order valence-electron chi connectivity index (χ1n) is 4.78. The van der Waals surface area contributed by atoms with Crippen LogP contribution in [0.5, 0.6) is 11.5 Å². The summed E-state index contributed by atoms with van der Waals surface area (Å²) in [7, 11) is 1.15. The third-order valence-corrected chi connectivity index (χ3v) is 2.09. The molecule has 0 atom stereocenters. The molecule has 16 heavy (non-hydrogen) atoms. The van der Waals surface area contributed by atoms with Crippen molar-refractivity contribution in [3.8, 4) is 11.5 Å². The number of aryl methyl sites for hydroxylation is 1. The van der Waals surface area contributed by atoms with Crippen LogP contribution in [0.15, 0.2) is 6.07 Å². The predicted octanol–water partition coefficient (Wildman–Crippen LogP) is 2.87. The Labute approximate surface area is 99.4 Å². The summed E-state index contributed by atoms with van der Waals surface area (Å²) in [6, 6.07) is 1.36. The number of benzene rings is 1. The SMILES string of the molecule is CC.COC(=O)c1c(O)c(C)cc(Cl)c1O. The molecular weight excluding hydrogens is 232 g/mol. The molecule has 1 aromatic rings. The van der Waals surface area contributed by atoms with Gasteiger partial charge in [-0.05, 0) is 18.6 Å². The number of carbonyl (C=O) groups excluding carboxylic acids is 1. The monoisotopic (exact) mass is 246 g/mol. The van der Waals surface area contributed by atoms with E-state index in [9.17, 15) is 15.0 Å². The number of hydrogen-bond acceptors (Lipinski definition) is 4. The Bertz CT molecular complexity index is 362. The third kappa shape index (κ3) is 2.79. The van der Waals surface area contributed by atoms with Gasteiger partial charge in [-0.3, -0.25) is 0 Å². The second-order valence-corrected chi connectivity index (χ2v) is 3.15. The van der Waals surface area contributed by atoms with Gasteiger partial charge in [0, 0.05) is 0 Å².